The Bertz CT molecular complexity index is 369. The maximum absolute atomic E-state index is 11.9. The van der Waals surface area contributed by atoms with Crippen LogP contribution in [-0.2, 0) is 19.2 Å². The largest absolute Gasteiger partial charge is 0.303 e. The molecule has 100 valence electrons. The van der Waals surface area contributed by atoms with Gasteiger partial charge in [0.15, 0.2) is 0 Å². The lowest BCUT2D eigenvalue weighted by Crippen LogP contribution is -2.33. The van der Waals surface area contributed by atoms with Crippen molar-refractivity contribution in [3.05, 3.63) is 0 Å². The van der Waals surface area contributed by atoms with Gasteiger partial charge >= 0.3 is 0 Å². The molecule has 0 saturated carbocycles. The molecule has 0 aliphatic carbocycles. The topological polar surface area (TPSA) is 71.5 Å². The van der Waals surface area contributed by atoms with E-state index in [2.05, 4.69) is 0 Å². The predicted molar refractivity (Wildman–Crippen MR) is 68.1 cm³/mol. The molecule has 1 saturated heterocycles. The van der Waals surface area contributed by atoms with Crippen molar-refractivity contribution in [3.63, 3.8) is 0 Å². The van der Waals surface area contributed by atoms with Crippen molar-refractivity contribution in [2.45, 2.75) is 31.9 Å². The van der Waals surface area contributed by atoms with Gasteiger partial charge in [-0.3, -0.25) is 19.3 Å². The first-order valence-electron chi connectivity index (χ1n) is 5.86. The van der Waals surface area contributed by atoms with Crippen molar-refractivity contribution in [3.8, 4) is 0 Å². The summed E-state index contributed by atoms with van der Waals surface area (Å²) in [6.45, 7) is 3.38. The Morgan fingerprint density at radius 1 is 1.56 bits per heavy atom. The van der Waals surface area contributed by atoms with E-state index in [1.54, 1.807) is 6.92 Å². The van der Waals surface area contributed by atoms with Crippen molar-refractivity contribution in [1.29, 1.82) is 0 Å². The van der Waals surface area contributed by atoms with E-state index in [9.17, 15) is 19.2 Å². The third kappa shape index (κ3) is 3.94. The van der Waals surface area contributed by atoms with E-state index in [4.69, 9.17) is 0 Å². The van der Waals surface area contributed by atoms with Crippen molar-refractivity contribution in [2.24, 2.45) is 5.92 Å². The molecule has 5 nitrogen and oxygen atoms in total. The summed E-state index contributed by atoms with van der Waals surface area (Å²) in [5, 5.41) is -0.396. The fraction of sp³-hybridized carbons (Fsp3) is 0.667. The number of ketones is 1. The van der Waals surface area contributed by atoms with Crippen LogP contribution in [-0.4, -0.2) is 46.3 Å². The lowest BCUT2D eigenvalue weighted by Gasteiger charge is -2.14. The van der Waals surface area contributed by atoms with E-state index >= 15 is 0 Å². The van der Waals surface area contributed by atoms with Crippen LogP contribution in [0.1, 0.15) is 26.7 Å². The van der Waals surface area contributed by atoms with E-state index in [1.165, 1.54) is 18.7 Å². The summed E-state index contributed by atoms with van der Waals surface area (Å²) in [4.78, 5) is 46.0. The highest BCUT2D eigenvalue weighted by atomic mass is 32.2. The molecule has 0 aromatic rings. The molecule has 0 bridgehead atoms. The molecule has 1 aliphatic rings. The number of nitrogens with zero attached hydrogens (tertiary/aromatic N) is 1. The molecule has 6 heteroatoms. The summed E-state index contributed by atoms with van der Waals surface area (Å²) in [6, 6.07) is 0. The quantitative estimate of drug-likeness (QED) is 0.502. The van der Waals surface area contributed by atoms with Crippen LogP contribution in [0.25, 0.3) is 0 Å². The lowest BCUT2D eigenvalue weighted by atomic mass is 10.3. The third-order valence-corrected chi connectivity index (χ3v) is 4.17. The van der Waals surface area contributed by atoms with Gasteiger partial charge in [-0.05, 0) is 6.92 Å². The molecule has 2 atom stereocenters. The Hall–Kier alpha value is -1.17. The van der Waals surface area contributed by atoms with Crippen LogP contribution in [0.5, 0.6) is 0 Å². The second-order valence-electron chi connectivity index (χ2n) is 4.48. The second-order valence-corrected chi connectivity index (χ2v) is 5.71. The van der Waals surface area contributed by atoms with E-state index in [0.29, 0.717) is 5.75 Å². The number of Topliss-reactive ketones (excluding diaryl/α,β-unsaturated/α-hetero) is 1. The average molecular weight is 271 g/mol. The number of hydrogen-bond acceptors (Lipinski definition) is 5. The minimum absolute atomic E-state index is 0.0405. The summed E-state index contributed by atoms with van der Waals surface area (Å²) in [7, 11) is 0. The van der Waals surface area contributed by atoms with Crippen LogP contribution in [0.4, 0.5) is 0 Å². The van der Waals surface area contributed by atoms with Crippen LogP contribution >= 0.6 is 11.8 Å². The number of likely N-dealkylation sites (tertiary alicyclic amines) is 1. The van der Waals surface area contributed by atoms with Crippen LogP contribution in [0.15, 0.2) is 0 Å². The number of amides is 2. The summed E-state index contributed by atoms with van der Waals surface area (Å²) >= 11 is 1.34. The molecule has 0 spiro atoms. The van der Waals surface area contributed by atoms with E-state index in [-0.39, 0.29) is 42.9 Å². The summed E-state index contributed by atoms with van der Waals surface area (Å²) in [5.74, 6) is -0.0828. The van der Waals surface area contributed by atoms with Gasteiger partial charge in [0.2, 0.25) is 11.8 Å². The van der Waals surface area contributed by atoms with Crippen LogP contribution in [0.3, 0.4) is 0 Å². The van der Waals surface area contributed by atoms with Crippen LogP contribution in [0, 0.1) is 5.92 Å². The summed E-state index contributed by atoms with van der Waals surface area (Å²) in [5.41, 5.74) is 0. The van der Waals surface area contributed by atoms with Crippen molar-refractivity contribution in [2.75, 3.05) is 12.3 Å². The monoisotopic (exact) mass is 271 g/mol. The van der Waals surface area contributed by atoms with Crippen LogP contribution < -0.4 is 0 Å². The molecule has 0 aromatic heterocycles. The van der Waals surface area contributed by atoms with Gasteiger partial charge in [0, 0.05) is 31.1 Å². The normalized spacial score (nSPS) is 21.2. The van der Waals surface area contributed by atoms with Crippen LogP contribution in [0.2, 0.25) is 0 Å². The molecule has 0 N–H and O–H groups in total. The van der Waals surface area contributed by atoms with E-state index in [1.807, 2.05) is 0 Å². The van der Waals surface area contributed by atoms with Crippen molar-refractivity contribution < 1.29 is 19.2 Å². The zero-order chi connectivity index (χ0) is 13.7. The first-order valence-corrected chi connectivity index (χ1v) is 6.91. The highest BCUT2D eigenvalue weighted by Crippen LogP contribution is 2.26. The lowest BCUT2D eigenvalue weighted by molar-refractivity contribution is -0.138. The van der Waals surface area contributed by atoms with E-state index < -0.39 is 5.25 Å². The standard InChI is InChI=1S/C12H17NO4S/c1-8(6-14)7-18-10-5-11(16)13(12(10)17)4-3-9(2)15/h6,8,10H,3-5,7H2,1-2H3. The number of aldehydes is 1. The van der Waals surface area contributed by atoms with Gasteiger partial charge in [0.1, 0.15) is 12.1 Å². The zero-order valence-electron chi connectivity index (χ0n) is 10.5. The number of carbonyl (C=O) groups is 4. The number of imide groups is 1. The molecular weight excluding hydrogens is 254 g/mol. The average Bonchev–Trinajstić information content (AvgIpc) is 2.59. The van der Waals surface area contributed by atoms with Gasteiger partial charge < -0.3 is 4.79 Å². The smallest absolute Gasteiger partial charge is 0.242 e. The van der Waals surface area contributed by atoms with Crippen molar-refractivity contribution in [1.82, 2.24) is 4.90 Å². The van der Waals surface area contributed by atoms with Gasteiger partial charge in [0.05, 0.1) is 5.25 Å². The number of carbonyl (C=O) groups excluding carboxylic acids is 4. The van der Waals surface area contributed by atoms with Gasteiger partial charge in [-0.1, -0.05) is 6.92 Å². The molecule has 0 radical (unpaired) electrons. The van der Waals surface area contributed by atoms with E-state index in [0.717, 1.165) is 11.2 Å². The van der Waals surface area contributed by atoms with Gasteiger partial charge in [-0.2, -0.15) is 0 Å². The van der Waals surface area contributed by atoms with Crippen molar-refractivity contribution >= 4 is 35.6 Å². The summed E-state index contributed by atoms with van der Waals surface area (Å²) in [6.07, 6.45) is 1.22. The predicted octanol–water partition coefficient (Wildman–Crippen LogP) is 0.661. The number of thioether (sulfide) groups is 1. The minimum atomic E-state index is -0.396. The molecule has 1 heterocycles. The second kappa shape index (κ2) is 6.68. The first-order chi connectivity index (χ1) is 8.45. The minimum Gasteiger partial charge on any atom is -0.303 e. The molecule has 1 fully saturated rings. The van der Waals surface area contributed by atoms with Gasteiger partial charge in [-0.15, -0.1) is 11.8 Å². The van der Waals surface area contributed by atoms with Gasteiger partial charge in [-0.25, -0.2) is 0 Å². The number of hydrogen-bond donors (Lipinski definition) is 0. The highest BCUT2D eigenvalue weighted by Gasteiger charge is 2.38. The maximum Gasteiger partial charge on any atom is 0.242 e. The van der Waals surface area contributed by atoms with Gasteiger partial charge in [0.25, 0.3) is 0 Å². The summed E-state index contributed by atoms with van der Waals surface area (Å²) < 4.78 is 0. The SMILES string of the molecule is CC(=O)CCN1C(=O)CC(SCC(C)C=O)C1=O. The Morgan fingerprint density at radius 3 is 2.78 bits per heavy atom. The number of rotatable bonds is 7. The Kier molecular flexibility index (Phi) is 5.53. The molecule has 1 aliphatic heterocycles. The Balaban J connectivity index is 2.50. The molecule has 1 rings (SSSR count). The first kappa shape index (κ1) is 14.9. The fourth-order valence-corrected chi connectivity index (χ4v) is 2.74. The maximum atomic E-state index is 11.9. The Labute approximate surface area is 110 Å². The third-order valence-electron chi connectivity index (χ3n) is 2.68. The zero-order valence-corrected chi connectivity index (χ0v) is 11.4. The molecule has 2 amide bonds. The molecule has 0 aromatic carbocycles. The Morgan fingerprint density at radius 2 is 2.22 bits per heavy atom. The molecule has 18 heavy (non-hydrogen) atoms. The molecular formula is C12H17NO4S. The fourth-order valence-electron chi connectivity index (χ4n) is 1.59. The highest BCUT2D eigenvalue weighted by molar-refractivity contribution is 8.00. The molecule has 2 unspecified atom stereocenters.